The predicted octanol–water partition coefficient (Wildman–Crippen LogP) is 2.86. The molecule has 2 rings (SSSR count). The van der Waals surface area contributed by atoms with Crippen LogP contribution in [0.15, 0.2) is 28.7 Å². The van der Waals surface area contributed by atoms with E-state index in [1.807, 2.05) is 25.1 Å². The number of furan rings is 1. The van der Waals surface area contributed by atoms with E-state index >= 15 is 0 Å². The number of hydrogen-bond acceptors (Lipinski definition) is 2. The van der Waals surface area contributed by atoms with E-state index in [1.54, 1.807) is 0 Å². The van der Waals surface area contributed by atoms with Gasteiger partial charge >= 0.3 is 5.97 Å². The molecule has 0 aliphatic heterocycles. The zero-order valence-corrected chi connectivity index (χ0v) is 8.30. The molecule has 1 aromatic heterocycles. The highest BCUT2D eigenvalue weighted by atomic mass is 35.5. The van der Waals surface area contributed by atoms with Crippen LogP contribution in [0.2, 0.25) is 0 Å². The van der Waals surface area contributed by atoms with Crippen molar-refractivity contribution in [2.45, 2.75) is 6.92 Å². The van der Waals surface area contributed by atoms with E-state index in [1.165, 1.54) is 6.07 Å². The summed E-state index contributed by atoms with van der Waals surface area (Å²) in [5.41, 5.74) is 1.68. The van der Waals surface area contributed by atoms with Gasteiger partial charge in [0.2, 0.25) is 5.76 Å². The second kappa shape index (κ2) is 3.72. The third kappa shape index (κ3) is 1.72. The lowest BCUT2D eigenvalue weighted by Gasteiger charge is -1.89. The molecule has 1 heterocycles. The Balaban J connectivity index is 0.000000980. The normalized spacial score (nSPS) is 9.79. The first-order chi connectivity index (χ1) is 6.16. The maximum atomic E-state index is 10.6. The van der Waals surface area contributed by atoms with Gasteiger partial charge in [-0.05, 0) is 24.6 Å². The first-order valence-electron chi connectivity index (χ1n) is 3.90. The van der Waals surface area contributed by atoms with Gasteiger partial charge in [0.1, 0.15) is 5.58 Å². The molecule has 0 fully saturated rings. The van der Waals surface area contributed by atoms with Gasteiger partial charge in [-0.15, -0.1) is 12.4 Å². The fourth-order valence-electron chi connectivity index (χ4n) is 1.24. The zero-order valence-electron chi connectivity index (χ0n) is 7.48. The van der Waals surface area contributed by atoms with Crippen molar-refractivity contribution in [2.75, 3.05) is 0 Å². The zero-order chi connectivity index (χ0) is 9.42. The summed E-state index contributed by atoms with van der Waals surface area (Å²) in [5, 5.41) is 9.48. The van der Waals surface area contributed by atoms with Crippen LogP contribution in [0, 0.1) is 6.92 Å². The lowest BCUT2D eigenvalue weighted by molar-refractivity contribution is 0.0665. The van der Waals surface area contributed by atoms with Crippen molar-refractivity contribution in [1.29, 1.82) is 0 Å². The Morgan fingerprint density at radius 3 is 2.71 bits per heavy atom. The van der Waals surface area contributed by atoms with E-state index < -0.39 is 5.97 Å². The quantitative estimate of drug-likeness (QED) is 0.791. The Morgan fingerprint density at radius 1 is 1.36 bits per heavy atom. The summed E-state index contributed by atoms with van der Waals surface area (Å²) in [6.07, 6.45) is 0. The highest BCUT2D eigenvalue weighted by molar-refractivity contribution is 5.91. The van der Waals surface area contributed by atoms with Gasteiger partial charge in [-0.3, -0.25) is 0 Å². The average Bonchev–Trinajstić information content (AvgIpc) is 2.46. The number of hydrogen-bond donors (Lipinski definition) is 1. The number of aryl methyl sites for hydroxylation is 1. The number of rotatable bonds is 1. The van der Waals surface area contributed by atoms with E-state index in [-0.39, 0.29) is 18.2 Å². The maximum absolute atomic E-state index is 10.6. The Morgan fingerprint density at radius 2 is 2.07 bits per heavy atom. The van der Waals surface area contributed by atoms with Crippen LogP contribution in [0.3, 0.4) is 0 Å². The summed E-state index contributed by atoms with van der Waals surface area (Å²) >= 11 is 0. The van der Waals surface area contributed by atoms with Gasteiger partial charge in [-0.25, -0.2) is 4.79 Å². The lowest BCUT2D eigenvalue weighted by atomic mass is 10.2. The number of halogens is 1. The topological polar surface area (TPSA) is 50.4 Å². The molecule has 1 N–H and O–H groups in total. The molecule has 0 amide bonds. The summed E-state index contributed by atoms with van der Waals surface area (Å²) in [4.78, 5) is 10.6. The molecule has 0 saturated carbocycles. The van der Waals surface area contributed by atoms with Gasteiger partial charge in [-0.1, -0.05) is 12.1 Å². The molecule has 0 aliphatic carbocycles. The number of carboxylic acid groups (broad SMARTS) is 1. The van der Waals surface area contributed by atoms with Crippen molar-refractivity contribution in [3.8, 4) is 0 Å². The molecule has 0 unspecified atom stereocenters. The molecular formula is C10H9ClO3. The molecule has 3 nitrogen and oxygen atoms in total. The molecule has 0 radical (unpaired) electrons. The largest absolute Gasteiger partial charge is 0.475 e. The minimum Gasteiger partial charge on any atom is -0.475 e. The fraction of sp³-hybridized carbons (Fsp3) is 0.100. The second-order valence-corrected chi connectivity index (χ2v) is 2.96. The molecule has 0 bridgehead atoms. The van der Waals surface area contributed by atoms with E-state index in [0.29, 0.717) is 5.58 Å². The summed E-state index contributed by atoms with van der Waals surface area (Å²) < 4.78 is 5.11. The van der Waals surface area contributed by atoms with Crippen molar-refractivity contribution in [3.05, 3.63) is 35.6 Å². The van der Waals surface area contributed by atoms with Crippen LogP contribution in [0.4, 0.5) is 0 Å². The van der Waals surface area contributed by atoms with Crippen LogP contribution in [-0.4, -0.2) is 11.1 Å². The smallest absolute Gasteiger partial charge is 0.371 e. The molecule has 0 spiro atoms. The molecular weight excluding hydrogens is 204 g/mol. The molecule has 0 saturated heterocycles. The van der Waals surface area contributed by atoms with Crippen molar-refractivity contribution in [2.24, 2.45) is 0 Å². The van der Waals surface area contributed by atoms with Crippen molar-refractivity contribution >= 4 is 29.3 Å². The summed E-state index contributed by atoms with van der Waals surface area (Å²) in [6, 6.07) is 7.11. The number of carbonyl (C=O) groups is 1. The van der Waals surface area contributed by atoms with Crippen LogP contribution in [0.25, 0.3) is 11.0 Å². The van der Waals surface area contributed by atoms with Crippen LogP contribution in [0.5, 0.6) is 0 Å². The Bertz CT molecular complexity index is 473. The number of aromatic carboxylic acids is 1. The number of fused-ring (bicyclic) bond motifs is 1. The van der Waals surface area contributed by atoms with Gasteiger partial charge in [0.05, 0.1) is 0 Å². The molecule has 2 aromatic rings. The van der Waals surface area contributed by atoms with Gasteiger partial charge < -0.3 is 9.52 Å². The summed E-state index contributed by atoms with van der Waals surface area (Å²) in [7, 11) is 0. The highest BCUT2D eigenvalue weighted by Crippen LogP contribution is 2.20. The third-order valence-electron chi connectivity index (χ3n) is 1.89. The lowest BCUT2D eigenvalue weighted by Crippen LogP contribution is -1.91. The summed E-state index contributed by atoms with van der Waals surface area (Å²) in [5.74, 6) is -1.05. The second-order valence-electron chi connectivity index (χ2n) is 2.96. The van der Waals surface area contributed by atoms with Crippen molar-refractivity contribution in [3.63, 3.8) is 0 Å². The Labute approximate surface area is 86.7 Å². The SMILES string of the molecule is Cc1ccc2cc(C(=O)O)oc2c1.Cl. The maximum Gasteiger partial charge on any atom is 0.371 e. The Kier molecular flexibility index (Phi) is 2.81. The number of carboxylic acids is 1. The van der Waals surface area contributed by atoms with E-state index in [4.69, 9.17) is 9.52 Å². The van der Waals surface area contributed by atoms with Crippen molar-refractivity contribution < 1.29 is 14.3 Å². The average molecular weight is 213 g/mol. The fourth-order valence-corrected chi connectivity index (χ4v) is 1.24. The molecule has 0 aliphatic rings. The standard InChI is InChI=1S/C10H8O3.ClH/c1-6-2-3-7-5-9(10(11)12)13-8(7)4-6;/h2-5H,1H3,(H,11,12);1H. The van der Waals surface area contributed by atoms with Crippen molar-refractivity contribution in [1.82, 2.24) is 0 Å². The number of benzene rings is 1. The first-order valence-corrected chi connectivity index (χ1v) is 3.90. The van der Waals surface area contributed by atoms with Gasteiger partial charge in [-0.2, -0.15) is 0 Å². The minimum absolute atomic E-state index is 0. The van der Waals surface area contributed by atoms with Gasteiger partial charge in [0.15, 0.2) is 0 Å². The first kappa shape index (κ1) is 10.6. The van der Waals surface area contributed by atoms with Crippen LogP contribution in [0.1, 0.15) is 16.1 Å². The third-order valence-corrected chi connectivity index (χ3v) is 1.89. The van der Waals surface area contributed by atoms with Crippen LogP contribution >= 0.6 is 12.4 Å². The molecule has 14 heavy (non-hydrogen) atoms. The van der Waals surface area contributed by atoms with Gasteiger partial charge in [0, 0.05) is 5.39 Å². The van der Waals surface area contributed by atoms with Gasteiger partial charge in [0.25, 0.3) is 0 Å². The highest BCUT2D eigenvalue weighted by Gasteiger charge is 2.09. The molecule has 74 valence electrons. The van der Waals surface area contributed by atoms with E-state index in [0.717, 1.165) is 10.9 Å². The monoisotopic (exact) mass is 212 g/mol. The van der Waals surface area contributed by atoms with E-state index in [2.05, 4.69) is 0 Å². The Hall–Kier alpha value is -1.48. The molecule has 1 aromatic carbocycles. The molecule has 4 heteroatoms. The predicted molar refractivity (Wildman–Crippen MR) is 55.2 cm³/mol. The molecule has 0 atom stereocenters. The minimum atomic E-state index is -1.03. The van der Waals surface area contributed by atoms with Crippen LogP contribution in [-0.2, 0) is 0 Å². The summed E-state index contributed by atoms with van der Waals surface area (Å²) in [6.45, 7) is 1.93. The van der Waals surface area contributed by atoms with E-state index in [9.17, 15) is 4.79 Å². The van der Waals surface area contributed by atoms with Crippen LogP contribution < -0.4 is 0 Å².